The first-order chi connectivity index (χ1) is 9.88. The molecule has 1 aliphatic rings. The molecule has 0 saturated carbocycles. The number of nitrogens with zero attached hydrogens (tertiary/aromatic N) is 2. The fourth-order valence-corrected chi connectivity index (χ4v) is 2.70. The lowest BCUT2D eigenvalue weighted by atomic mass is 9.98. The van der Waals surface area contributed by atoms with E-state index in [0.29, 0.717) is 0 Å². The monoisotopic (exact) mass is 264 g/mol. The van der Waals surface area contributed by atoms with Crippen molar-refractivity contribution in [3.63, 3.8) is 0 Å². The summed E-state index contributed by atoms with van der Waals surface area (Å²) >= 11 is 0. The van der Waals surface area contributed by atoms with Gasteiger partial charge in [-0.2, -0.15) is 9.15 Å². The Balaban J connectivity index is 1.98. The molecule has 2 aromatic rings. The summed E-state index contributed by atoms with van der Waals surface area (Å²) in [4.78, 5) is 0. The van der Waals surface area contributed by atoms with E-state index in [1.165, 1.54) is 11.1 Å². The third-order valence-electron chi connectivity index (χ3n) is 3.78. The van der Waals surface area contributed by atoms with Crippen LogP contribution in [0.2, 0.25) is 0 Å². The summed E-state index contributed by atoms with van der Waals surface area (Å²) in [5, 5.41) is 0. The molecule has 0 amide bonds. The molecule has 20 heavy (non-hydrogen) atoms. The lowest BCUT2D eigenvalue weighted by Crippen LogP contribution is -2.24. The molecule has 100 valence electrons. The van der Waals surface area contributed by atoms with Gasteiger partial charge in [-0.15, -0.1) is 0 Å². The molecule has 0 unspecified atom stereocenters. The van der Waals surface area contributed by atoms with Crippen molar-refractivity contribution >= 4 is 12.4 Å². The predicted octanol–water partition coefficient (Wildman–Crippen LogP) is 2.93. The van der Waals surface area contributed by atoms with E-state index >= 15 is 0 Å². The molecule has 0 spiro atoms. The van der Waals surface area contributed by atoms with Crippen molar-refractivity contribution in [2.45, 2.75) is 13.0 Å². The van der Waals surface area contributed by atoms with E-state index in [2.05, 4.69) is 89.2 Å². The van der Waals surface area contributed by atoms with E-state index in [-0.39, 0.29) is 6.04 Å². The largest absolute Gasteiger partial charge is 0.335 e. The molecule has 0 atom stereocenters. The van der Waals surface area contributed by atoms with Gasteiger partial charge in [-0.1, -0.05) is 60.7 Å². The van der Waals surface area contributed by atoms with Gasteiger partial charge < -0.3 is 0 Å². The van der Waals surface area contributed by atoms with Crippen molar-refractivity contribution in [1.29, 1.82) is 0 Å². The van der Waals surface area contributed by atoms with Crippen LogP contribution in [-0.2, 0) is 0 Å². The second kappa shape index (κ2) is 5.83. The molecule has 0 saturated heterocycles. The van der Waals surface area contributed by atoms with Crippen LogP contribution in [-0.4, -0.2) is 34.8 Å². The minimum atomic E-state index is 0.283. The maximum absolute atomic E-state index is 2.40. The summed E-state index contributed by atoms with van der Waals surface area (Å²) < 4.78 is 4.72. The van der Waals surface area contributed by atoms with Gasteiger partial charge in [0.05, 0.1) is 0 Å². The van der Waals surface area contributed by atoms with Gasteiger partial charge in [0.25, 0.3) is 0 Å². The van der Waals surface area contributed by atoms with E-state index in [4.69, 9.17) is 0 Å². The van der Waals surface area contributed by atoms with Crippen molar-refractivity contribution in [3.8, 4) is 0 Å². The van der Waals surface area contributed by atoms with Crippen LogP contribution in [0.15, 0.2) is 60.7 Å². The van der Waals surface area contributed by atoms with Gasteiger partial charge >= 0.3 is 6.67 Å². The number of hydrogen-bond acceptors (Lipinski definition) is 0. The number of rotatable bonds is 4. The maximum Gasteiger partial charge on any atom is 0.335 e. The van der Waals surface area contributed by atoms with Crippen LogP contribution in [0.1, 0.15) is 24.1 Å². The molecule has 0 N–H and O–H groups in total. The molecule has 1 heterocycles. The number of hydrogen-bond donors (Lipinski definition) is 0. The summed E-state index contributed by atoms with van der Waals surface area (Å²) in [7, 11) is 0. The smallest absolute Gasteiger partial charge is 0.173 e. The van der Waals surface area contributed by atoms with Crippen LogP contribution in [0.5, 0.6) is 0 Å². The van der Waals surface area contributed by atoms with Crippen LogP contribution >= 0.6 is 0 Å². The first kappa shape index (κ1) is 12.8. The SMILES string of the molecule is CC[N+]1=CC=[N+](C(c2ccccc2)c2ccccc2)C1. The average molecular weight is 264 g/mol. The summed E-state index contributed by atoms with van der Waals surface area (Å²) in [5.41, 5.74) is 2.67. The number of benzene rings is 2. The molecule has 0 fully saturated rings. The van der Waals surface area contributed by atoms with Gasteiger partial charge in [-0.3, -0.25) is 0 Å². The first-order valence-corrected chi connectivity index (χ1v) is 7.16. The zero-order chi connectivity index (χ0) is 13.8. The molecular formula is C18H20N2+2. The Kier molecular flexibility index (Phi) is 3.73. The Bertz CT molecular complexity index is 587. The van der Waals surface area contributed by atoms with Gasteiger partial charge in [0, 0.05) is 11.1 Å². The molecule has 0 aliphatic carbocycles. The van der Waals surface area contributed by atoms with Crippen molar-refractivity contribution in [1.82, 2.24) is 0 Å². The van der Waals surface area contributed by atoms with Crippen molar-refractivity contribution < 1.29 is 9.15 Å². The van der Waals surface area contributed by atoms with Crippen LogP contribution in [0.4, 0.5) is 0 Å². The molecule has 0 radical (unpaired) electrons. The standard InChI is InChI=1S/C18H20N2/c1-2-19-13-14-20(15-19)18(16-9-5-3-6-10-16)17-11-7-4-8-12-17/h3-14,18H,2,15H2,1H3/q+2. The van der Waals surface area contributed by atoms with Crippen LogP contribution in [0.25, 0.3) is 0 Å². The maximum atomic E-state index is 2.40. The highest BCUT2D eigenvalue weighted by atomic mass is 15.2. The molecule has 0 aromatic heterocycles. The third kappa shape index (κ3) is 2.55. The molecule has 2 heteroatoms. The third-order valence-corrected chi connectivity index (χ3v) is 3.78. The fourth-order valence-electron chi connectivity index (χ4n) is 2.70. The Labute approximate surface area is 120 Å². The zero-order valence-corrected chi connectivity index (χ0v) is 11.8. The summed E-state index contributed by atoms with van der Waals surface area (Å²) in [6.45, 7) is 4.18. The normalized spacial score (nSPS) is 14.3. The topological polar surface area (TPSA) is 6.02 Å². The van der Waals surface area contributed by atoms with E-state index in [1.54, 1.807) is 0 Å². The highest BCUT2D eigenvalue weighted by Gasteiger charge is 2.30. The molecule has 0 bridgehead atoms. The van der Waals surface area contributed by atoms with Gasteiger partial charge in [-0.25, -0.2) is 0 Å². The minimum Gasteiger partial charge on any atom is -0.173 e. The molecule has 3 rings (SSSR count). The first-order valence-electron chi connectivity index (χ1n) is 7.16. The predicted molar refractivity (Wildman–Crippen MR) is 82.8 cm³/mol. The average Bonchev–Trinajstić information content (AvgIpc) is 2.98. The van der Waals surface area contributed by atoms with E-state index in [1.807, 2.05) is 0 Å². The Morgan fingerprint density at radius 1 is 0.850 bits per heavy atom. The van der Waals surface area contributed by atoms with Gasteiger partial charge in [0.1, 0.15) is 6.54 Å². The molecular weight excluding hydrogens is 244 g/mol. The van der Waals surface area contributed by atoms with E-state index in [9.17, 15) is 0 Å². The lowest BCUT2D eigenvalue weighted by molar-refractivity contribution is -0.725. The molecule has 2 aromatic carbocycles. The van der Waals surface area contributed by atoms with Crippen molar-refractivity contribution in [2.24, 2.45) is 0 Å². The van der Waals surface area contributed by atoms with Gasteiger partial charge in [0.2, 0.25) is 18.5 Å². The summed E-state index contributed by atoms with van der Waals surface area (Å²) in [5.74, 6) is 0. The second-order valence-corrected chi connectivity index (χ2v) is 5.08. The molecule has 2 nitrogen and oxygen atoms in total. The van der Waals surface area contributed by atoms with Gasteiger partial charge in [0.15, 0.2) is 0 Å². The minimum absolute atomic E-state index is 0.283. The van der Waals surface area contributed by atoms with E-state index < -0.39 is 0 Å². The van der Waals surface area contributed by atoms with Crippen molar-refractivity contribution in [2.75, 3.05) is 13.2 Å². The van der Waals surface area contributed by atoms with Crippen LogP contribution in [0.3, 0.4) is 0 Å². The Morgan fingerprint density at radius 2 is 1.40 bits per heavy atom. The van der Waals surface area contributed by atoms with Gasteiger partial charge in [-0.05, 0) is 6.92 Å². The molecule has 1 aliphatic heterocycles. The van der Waals surface area contributed by atoms with Crippen LogP contribution in [0, 0.1) is 0 Å². The quantitative estimate of drug-likeness (QED) is 0.749. The highest BCUT2D eigenvalue weighted by molar-refractivity contribution is 6.11. The van der Waals surface area contributed by atoms with Crippen molar-refractivity contribution in [3.05, 3.63) is 71.8 Å². The van der Waals surface area contributed by atoms with E-state index in [0.717, 1.165) is 13.2 Å². The van der Waals surface area contributed by atoms with Crippen LogP contribution < -0.4 is 0 Å². The lowest BCUT2D eigenvalue weighted by Gasteiger charge is -2.13. The Morgan fingerprint density at radius 3 is 1.85 bits per heavy atom. The highest BCUT2D eigenvalue weighted by Crippen LogP contribution is 2.25. The second-order valence-electron chi connectivity index (χ2n) is 5.08. The zero-order valence-electron chi connectivity index (χ0n) is 11.8. The summed E-state index contributed by atoms with van der Waals surface area (Å²) in [6.07, 6.45) is 4.38. The fraction of sp³-hybridized carbons (Fsp3) is 0.222. The summed E-state index contributed by atoms with van der Waals surface area (Å²) in [6, 6.07) is 21.7. The Hall–Kier alpha value is -2.22.